The quantitative estimate of drug-likeness (QED) is 0.503. The standard InChI is InChI=1S/C25H23N5O/c26-20-9-7-19(8-10-20)24-28-23-12-13-30(16-21(23)25(31)29-24)15-17-6-11-22(27-14-17)18-4-2-1-3-5-18/h1-11,14H,12-13,15-16,26H2,(H,28,29,31). The van der Waals surface area contributed by atoms with Crippen LogP contribution in [0.5, 0.6) is 0 Å². The number of nitrogen functional groups attached to an aromatic ring is 1. The van der Waals surface area contributed by atoms with Crippen molar-refractivity contribution in [2.24, 2.45) is 0 Å². The van der Waals surface area contributed by atoms with E-state index in [-0.39, 0.29) is 5.56 Å². The van der Waals surface area contributed by atoms with Gasteiger partial charge in [-0.05, 0) is 35.9 Å². The van der Waals surface area contributed by atoms with Crippen LogP contribution in [-0.2, 0) is 19.5 Å². The Bertz CT molecular complexity index is 1250. The van der Waals surface area contributed by atoms with Gasteiger partial charge < -0.3 is 10.7 Å². The summed E-state index contributed by atoms with van der Waals surface area (Å²) < 4.78 is 0. The first kappa shape index (κ1) is 19.2. The molecular weight excluding hydrogens is 386 g/mol. The lowest BCUT2D eigenvalue weighted by atomic mass is 10.1. The summed E-state index contributed by atoms with van der Waals surface area (Å²) in [5, 5.41) is 0. The summed E-state index contributed by atoms with van der Waals surface area (Å²) in [5.74, 6) is 0.595. The lowest BCUT2D eigenvalue weighted by Crippen LogP contribution is -2.35. The number of nitrogens with one attached hydrogen (secondary N) is 1. The third kappa shape index (κ3) is 4.11. The van der Waals surface area contributed by atoms with Crippen molar-refractivity contribution >= 4 is 5.69 Å². The third-order valence-electron chi connectivity index (χ3n) is 5.63. The van der Waals surface area contributed by atoms with Crippen LogP contribution in [0.4, 0.5) is 5.69 Å². The second kappa shape index (κ2) is 8.16. The smallest absolute Gasteiger partial charge is 0.255 e. The number of nitrogens with two attached hydrogens (primary N) is 1. The molecule has 154 valence electrons. The van der Waals surface area contributed by atoms with Gasteiger partial charge >= 0.3 is 0 Å². The SMILES string of the molecule is Nc1ccc(-c2nc3c(c(=O)[nH]2)CN(Cc2ccc(-c4ccccc4)nc2)CC3)cc1. The van der Waals surface area contributed by atoms with Gasteiger partial charge in [0.1, 0.15) is 5.82 Å². The van der Waals surface area contributed by atoms with E-state index in [0.29, 0.717) is 18.1 Å². The first-order valence-electron chi connectivity index (χ1n) is 10.4. The number of hydrogen-bond acceptors (Lipinski definition) is 5. The predicted molar refractivity (Wildman–Crippen MR) is 122 cm³/mol. The summed E-state index contributed by atoms with van der Waals surface area (Å²) >= 11 is 0. The molecule has 0 saturated heterocycles. The van der Waals surface area contributed by atoms with E-state index in [0.717, 1.165) is 53.2 Å². The van der Waals surface area contributed by atoms with E-state index in [4.69, 9.17) is 10.7 Å². The van der Waals surface area contributed by atoms with Gasteiger partial charge in [0.15, 0.2) is 0 Å². The molecule has 0 spiro atoms. The van der Waals surface area contributed by atoms with Gasteiger partial charge in [0.05, 0.1) is 17.0 Å². The summed E-state index contributed by atoms with van der Waals surface area (Å²) in [7, 11) is 0. The highest BCUT2D eigenvalue weighted by molar-refractivity contribution is 5.59. The number of fused-ring (bicyclic) bond motifs is 1. The molecule has 1 aliphatic heterocycles. The highest BCUT2D eigenvalue weighted by atomic mass is 16.1. The predicted octanol–water partition coefficient (Wildman–Crippen LogP) is 3.64. The molecule has 1 aliphatic rings. The summed E-state index contributed by atoms with van der Waals surface area (Å²) in [5.41, 5.74) is 12.1. The molecule has 6 heteroatoms. The topological polar surface area (TPSA) is 87.9 Å². The fraction of sp³-hybridized carbons (Fsp3) is 0.160. The van der Waals surface area contributed by atoms with E-state index in [1.165, 1.54) is 0 Å². The van der Waals surface area contributed by atoms with Gasteiger partial charge in [-0.2, -0.15) is 0 Å². The molecule has 3 N–H and O–H groups in total. The second-order valence-electron chi connectivity index (χ2n) is 7.84. The molecule has 4 aromatic rings. The molecule has 0 atom stereocenters. The Morgan fingerprint density at radius 3 is 2.52 bits per heavy atom. The maximum atomic E-state index is 12.8. The summed E-state index contributed by atoms with van der Waals surface area (Å²) in [6, 6.07) is 21.7. The van der Waals surface area contributed by atoms with Crippen molar-refractivity contribution in [1.29, 1.82) is 0 Å². The Morgan fingerprint density at radius 2 is 1.77 bits per heavy atom. The van der Waals surface area contributed by atoms with Crippen LogP contribution in [0.1, 0.15) is 16.8 Å². The van der Waals surface area contributed by atoms with Crippen molar-refractivity contribution in [2.75, 3.05) is 12.3 Å². The number of benzene rings is 2. The number of rotatable bonds is 4. The van der Waals surface area contributed by atoms with Gasteiger partial charge in [-0.1, -0.05) is 36.4 Å². The van der Waals surface area contributed by atoms with E-state index in [2.05, 4.69) is 39.1 Å². The lowest BCUT2D eigenvalue weighted by molar-refractivity contribution is 0.241. The highest BCUT2D eigenvalue weighted by Gasteiger charge is 2.21. The van der Waals surface area contributed by atoms with Crippen LogP contribution in [0.25, 0.3) is 22.6 Å². The number of aromatic nitrogens is 3. The zero-order chi connectivity index (χ0) is 21.2. The lowest BCUT2D eigenvalue weighted by Gasteiger charge is -2.27. The Kier molecular flexibility index (Phi) is 5.06. The summed E-state index contributed by atoms with van der Waals surface area (Å²) in [6.07, 6.45) is 2.67. The molecule has 0 radical (unpaired) electrons. The molecule has 6 nitrogen and oxygen atoms in total. The molecule has 0 fully saturated rings. The summed E-state index contributed by atoms with van der Waals surface area (Å²) in [4.78, 5) is 27.3. The average Bonchev–Trinajstić information content (AvgIpc) is 2.81. The number of aromatic amines is 1. The molecular formula is C25H23N5O. The number of pyridine rings is 1. The van der Waals surface area contributed by atoms with Gasteiger partial charge in [0.2, 0.25) is 0 Å². The van der Waals surface area contributed by atoms with Crippen LogP contribution in [0.2, 0.25) is 0 Å². The normalized spacial score (nSPS) is 13.7. The Hall–Kier alpha value is -3.77. The van der Waals surface area contributed by atoms with Crippen LogP contribution >= 0.6 is 0 Å². The van der Waals surface area contributed by atoms with Crippen LogP contribution in [0, 0.1) is 0 Å². The number of nitrogens with zero attached hydrogens (tertiary/aromatic N) is 3. The second-order valence-corrected chi connectivity index (χ2v) is 7.84. The molecule has 0 aliphatic carbocycles. The Morgan fingerprint density at radius 1 is 0.968 bits per heavy atom. The summed E-state index contributed by atoms with van der Waals surface area (Å²) in [6.45, 7) is 2.19. The maximum Gasteiger partial charge on any atom is 0.255 e. The minimum absolute atomic E-state index is 0.0703. The molecule has 0 amide bonds. The van der Waals surface area contributed by atoms with Crippen molar-refractivity contribution in [3.05, 3.63) is 100 Å². The molecule has 2 aromatic heterocycles. The highest BCUT2D eigenvalue weighted by Crippen LogP contribution is 2.22. The zero-order valence-corrected chi connectivity index (χ0v) is 17.1. The molecule has 5 rings (SSSR count). The van der Waals surface area contributed by atoms with Crippen molar-refractivity contribution < 1.29 is 0 Å². The molecule has 31 heavy (non-hydrogen) atoms. The fourth-order valence-electron chi connectivity index (χ4n) is 3.95. The van der Waals surface area contributed by atoms with Crippen LogP contribution < -0.4 is 11.3 Å². The van der Waals surface area contributed by atoms with Crippen molar-refractivity contribution in [3.8, 4) is 22.6 Å². The van der Waals surface area contributed by atoms with Gasteiger partial charge in [0, 0.05) is 49.1 Å². The Balaban J connectivity index is 1.32. The van der Waals surface area contributed by atoms with Crippen LogP contribution in [-0.4, -0.2) is 26.4 Å². The van der Waals surface area contributed by atoms with Gasteiger partial charge in [-0.15, -0.1) is 0 Å². The van der Waals surface area contributed by atoms with E-state index in [9.17, 15) is 4.79 Å². The van der Waals surface area contributed by atoms with Crippen LogP contribution in [0.3, 0.4) is 0 Å². The molecule has 3 heterocycles. The molecule has 0 saturated carbocycles. The average molecular weight is 409 g/mol. The van der Waals surface area contributed by atoms with Crippen molar-refractivity contribution in [2.45, 2.75) is 19.5 Å². The minimum atomic E-state index is -0.0703. The first-order valence-corrected chi connectivity index (χ1v) is 10.4. The van der Waals surface area contributed by atoms with Gasteiger partial charge in [-0.3, -0.25) is 14.7 Å². The number of anilines is 1. The minimum Gasteiger partial charge on any atom is -0.399 e. The van der Waals surface area contributed by atoms with E-state index >= 15 is 0 Å². The van der Waals surface area contributed by atoms with E-state index < -0.39 is 0 Å². The van der Waals surface area contributed by atoms with E-state index in [1.807, 2.05) is 48.7 Å². The van der Waals surface area contributed by atoms with Crippen molar-refractivity contribution in [3.63, 3.8) is 0 Å². The van der Waals surface area contributed by atoms with E-state index in [1.54, 1.807) is 0 Å². The first-order chi connectivity index (χ1) is 15.2. The van der Waals surface area contributed by atoms with Gasteiger partial charge in [0.25, 0.3) is 5.56 Å². The maximum absolute atomic E-state index is 12.8. The number of hydrogen-bond donors (Lipinski definition) is 2. The monoisotopic (exact) mass is 409 g/mol. The van der Waals surface area contributed by atoms with Crippen molar-refractivity contribution in [1.82, 2.24) is 19.9 Å². The Labute approximate surface area is 180 Å². The molecule has 2 aromatic carbocycles. The largest absolute Gasteiger partial charge is 0.399 e. The van der Waals surface area contributed by atoms with Crippen LogP contribution in [0.15, 0.2) is 77.7 Å². The number of H-pyrrole nitrogens is 1. The molecule has 0 unspecified atom stereocenters. The zero-order valence-electron chi connectivity index (χ0n) is 17.1. The van der Waals surface area contributed by atoms with Gasteiger partial charge in [-0.25, -0.2) is 4.98 Å². The molecule has 0 bridgehead atoms. The fourth-order valence-corrected chi connectivity index (χ4v) is 3.95. The third-order valence-corrected chi connectivity index (χ3v) is 5.63.